The molecule has 7 heterocycles. The molecular formula is C54H29B2N3O2. The highest BCUT2D eigenvalue weighted by molar-refractivity contribution is 7.05. The Labute approximate surface area is 349 Å². The summed E-state index contributed by atoms with van der Waals surface area (Å²) in [5.74, 6) is 0. The van der Waals surface area contributed by atoms with Gasteiger partial charge < -0.3 is 23.2 Å². The summed E-state index contributed by atoms with van der Waals surface area (Å²) >= 11 is 0. The summed E-state index contributed by atoms with van der Waals surface area (Å²) < 4.78 is 16.9. The molecule has 278 valence electrons. The van der Waals surface area contributed by atoms with Crippen molar-refractivity contribution in [1.29, 1.82) is 0 Å². The molecule has 0 fully saturated rings. The van der Waals surface area contributed by atoms with Crippen LogP contribution in [0.5, 0.6) is 0 Å². The molecule has 0 N–H and O–H groups in total. The standard InChI is InChI=1S/C54H29B2N3O2/c1-3-15-30(16-4-1)57-40-23-11-9-21-38(40)55-46-42(57)29-43-47-52(46)59-50-34(27-36-32-19-7-13-25-44(32)60-53(36)48(50)55)35-28-37-33-20-8-14-26-45(33)61-54(37)49(51(35)59)56(47)39-22-10-12-24-41(39)58(43)31-17-5-2-6-18-31/h1-29H. The minimum Gasteiger partial charge on any atom is -0.457 e. The quantitative estimate of drug-likeness (QED) is 0.164. The van der Waals surface area contributed by atoms with Gasteiger partial charge in [0.2, 0.25) is 0 Å². The minimum absolute atomic E-state index is 0.0941. The van der Waals surface area contributed by atoms with E-state index < -0.39 is 0 Å². The molecule has 3 aromatic heterocycles. The maximum Gasteiger partial charge on any atom is 0.257 e. The van der Waals surface area contributed by atoms with Gasteiger partial charge in [0.1, 0.15) is 22.3 Å². The Bertz CT molecular complexity index is 3730. The smallest absolute Gasteiger partial charge is 0.257 e. The fourth-order valence-electron chi connectivity index (χ4n) is 12.1. The summed E-state index contributed by atoms with van der Waals surface area (Å²) in [5, 5.41) is 7.08. The zero-order valence-corrected chi connectivity index (χ0v) is 32.6. The third-order valence-electron chi connectivity index (χ3n) is 14.3. The van der Waals surface area contributed by atoms with E-state index in [4.69, 9.17) is 8.83 Å². The molecule has 4 aliphatic heterocycles. The number of para-hydroxylation sites is 6. The maximum absolute atomic E-state index is 7.11. The molecular weight excluding hydrogens is 744 g/mol. The van der Waals surface area contributed by atoms with Gasteiger partial charge in [-0.1, -0.05) is 109 Å². The van der Waals surface area contributed by atoms with Crippen molar-refractivity contribution in [2.75, 3.05) is 9.80 Å². The van der Waals surface area contributed by atoms with Crippen molar-refractivity contribution in [1.82, 2.24) is 4.57 Å². The lowest BCUT2D eigenvalue weighted by Crippen LogP contribution is -2.67. The summed E-state index contributed by atoms with van der Waals surface area (Å²) in [7, 11) is 0. The molecule has 9 aromatic carbocycles. The molecule has 12 aromatic rings. The molecule has 7 heteroatoms. The van der Waals surface area contributed by atoms with Gasteiger partial charge >= 0.3 is 0 Å². The van der Waals surface area contributed by atoms with Crippen LogP contribution in [-0.4, -0.2) is 18.0 Å². The van der Waals surface area contributed by atoms with E-state index in [1.807, 2.05) is 0 Å². The molecule has 0 aliphatic carbocycles. The van der Waals surface area contributed by atoms with Crippen LogP contribution in [-0.2, 0) is 0 Å². The van der Waals surface area contributed by atoms with E-state index in [1.54, 1.807) is 0 Å². The SMILES string of the molecule is c1ccc(N2c3ccccc3B3c4c2cc2c5c4-n4c6c3c3oc7ccccc7c3cc6c3cc6c(oc7ccccc76)c(c34)B5c3ccccc3N2c2ccccc2)cc1. The average molecular weight is 773 g/mol. The van der Waals surface area contributed by atoms with Gasteiger partial charge in [0.25, 0.3) is 13.4 Å². The number of benzene rings is 9. The molecule has 0 radical (unpaired) electrons. The fourth-order valence-corrected chi connectivity index (χ4v) is 12.1. The zero-order valence-electron chi connectivity index (χ0n) is 32.6. The van der Waals surface area contributed by atoms with E-state index in [-0.39, 0.29) is 13.4 Å². The van der Waals surface area contributed by atoms with Crippen LogP contribution in [0.15, 0.2) is 185 Å². The Morgan fingerprint density at radius 1 is 0.344 bits per heavy atom. The highest BCUT2D eigenvalue weighted by atomic mass is 16.3. The van der Waals surface area contributed by atoms with Gasteiger partial charge in [-0.2, -0.15) is 0 Å². The first-order valence-electron chi connectivity index (χ1n) is 21.2. The Morgan fingerprint density at radius 2 is 0.770 bits per heavy atom. The lowest BCUT2D eigenvalue weighted by Gasteiger charge is -2.46. The monoisotopic (exact) mass is 773 g/mol. The van der Waals surface area contributed by atoms with Crippen LogP contribution in [0.1, 0.15) is 0 Å². The minimum atomic E-state index is -0.0941. The van der Waals surface area contributed by atoms with Gasteiger partial charge in [0.05, 0.1) is 11.0 Å². The van der Waals surface area contributed by atoms with Crippen LogP contribution < -0.4 is 42.6 Å². The van der Waals surface area contributed by atoms with Gasteiger partial charge in [-0.3, -0.25) is 0 Å². The second-order valence-electron chi connectivity index (χ2n) is 17.1. The third-order valence-corrected chi connectivity index (χ3v) is 14.3. The molecule has 16 rings (SSSR count). The van der Waals surface area contributed by atoms with E-state index in [9.17, 15) is 0 Å². The van der Waals surface area contributed by atoms with Crippen molar-refractivity contribution < 1.29 is 8.83 Å². The van der Waals surface area contributed by atoms with E-state index in [2.05, 4.69) is 190 Å². The summed E-state index contributed by atoms with van der Waals surface area (Å²) in [5.41, 5.74) is 22.1. The van der Waals surface area contributed by atoms with Crippen molar-refractivity contribution >= 4 is 146 Å². The largest absolute Gasteiger partial charge is 0.457 e. The number of hydrogen-bond acceptors (Lipinski definition) is 4. The number of hydrogen-bond donors (Lipinski definition) is 0. The van der Waals surface area contributed by atoms with Crippen molar-refractivity contribution in [3.8, 4) is 5.69 Å². The Morgan fingerprint density at radius 3 is 1.26 bits per heavy atom. The van der Waals surface area contributed by atoms with Crippen LogP contribution in [0, 0.1) is 0 Å². The first-order chi connectivity index (χ1) is 30.3. The fraction of sp³-hybridized carbons (Fsp3) is 0. The summed E-state index contributed by atoms with van der Waals surface area (Å²) in [6.07, 6.45) is 0. The van der Waals surface area contributed by atoms with E-state index in [0.717, 1.165) is 55.3 Å². The summed E-state index contributed by atoms with van der Waals surface area (Å²) in [4.78, 5) is 5.02. The topological polar surface area (TPSA) is 37.7 Å². The predicted octanol–water partition coefficient (Wildman–Crippen LogP) is 9.81. The lowest BCUT2D eigenvalue weighted by molar-refractivity contribution is 0.671. The van der Waals surface area contributed by atoms with Crippen LogP contribution in [0.2, 0.25) is 0 Å². The number of aromatic nitrogens is 1. The molecule has 0 unspecified atom stereocenters. The number of furan rings is 2. The molecule has 0 saturated heterocycles. The number of fused-ring (bicyclic) bond motifs is 15. The molecule has 5 nitrogen and oxygen atoms in total. The Kier molecular flexibility index (Phi) is 5.42. The lowest BCUT2D eigenvalue weighted by atomic mass is 9.29. The molecule has 61 heavy (non-hydrogen) atoms. The molecule has 0 amide bonds. The van der Waals surface area contributed by atoms with Gasteiger partial charge in [0, 0.05) is 72.1 Å². The van der Waals surface area contributed by atoms with Crippen molar-refractivity contribution in [2.24, 2.45) is 0 Å². The summed E-state index contributed by atoms with van der Waals surface area (Å²) in [6.45, 7) is -0.188. The van der Waals surface area contributed by atoms with Crippen molar-refractivity contribution in [3.05, 3.63) is 176 Å². The van der Waals surface area contributed by atoms with E-state index in [1.165, 1.54) is 83.0 Å². The van der Waals surface area contributed by atoms with Gasteiger partial charge in [0.15, 0.2) is 0 Å². The normalized spacial score (nSPS) is 14.1. The van der Waals surface area contributed by atoms with E-state index in [0.29, 0.717) is 0 Å². The number of anilines is 6. The number of rotatable bonds is 2. The molecule has 0 bridgehead atoms. The highest BCUT2D eigenvalue weighted by Gasteiger charge is 2.52. The average Bonchev–Trinajstić information content (AvgIpc) is 3.99. The molecule has 0 atom stereocenters. The van der Waals surface area contributed by atoms with Crippen molar-refractivity contribution in [3.63, 3.8) is 0 Å². The highest BCUT2D eigenvalue weighted by Crippen LogP contribution is 2.49. The van der Waals surface area contributed by atoms with Gasteiger partial charge in [-0.15, -0.1) is 0 Å². The van der Waals surface area contributed by atoms with E-state index >= 15 is 0 Å². The second kappa shape index (κ2) is 10.6. The van der Waals surface area contributed by atoms with Crippen LogP contribution in [0.25, 0.3) is 71.4 Å². The second-order valence-corrected chi connectivity index (χ2v) is 17.1. The first kappa shape index (κ1) is 31.1. The zero-order chi connectivity index (χ0) is 39.2. The molecule has 4 aliphatic rings. The Hall–Kier alpha value is -7.89. The maximum atomic E-state index is 7.11. The van der Waals surface area contributed by atoms with Crippen LogP contribution in [0.4, 0.5) is 34.1 Å². The first-order valence-corrected chi connectivity index (χ1v) is 21.2. The van der Waals surface area contributed by atoms with Gasteiger partial charge in [-0.25, -0.2) is 0 Å². The summed E-state index contributed by atoms with van der Waals surface area (Å²) in [6, 6.07) is 64.4. The van der Waals surface area contributed by atoms with Crippen LogP contribution in [0.3, 0.4) is 0 Å². The molecule has 0 spiro atoms. The predicted molar refractivity (Wildman–Crippen MR) is 254 cm³/mol. The Balaban J connectivity index is 1.21. The third kappa shape index (κ3) is 3.55. The van der Waals surface area contributed by atoms with Crippen LogP contribution >= 0.6 is 0 Å². The molecule has 0 saturated carbocycles. The van der Waals surface area contributed by atoms with Gasteiger partial charge in [-0.05, 0) is 99.5 Å². The number of nitrogens with zero attached hydrogens (tertiary/aromatic N) is 3. The van der Waals surface area contributed by atoms with Crippen molar-refractivity contribution in [2.45, 2.75) is 0 Å².